The summed E-state index contributed by atoms with van der Waals surface area (Å²) in [5.74, 6) is 1.05. The first-order valence-electron chi connectivity index (χ1n) is 5.98. The molecule has 0 bridgehead atoms. The van der Waals surface area contributed by atoms with Gasteiger partial charge in [-0.2, -0.15) is 17.0 Å². The van der Waals surface area contributed by atoms with Crippen molar-refractivity contribution in [1.82, 2.24) is 5.32 Å². The summed E-state index contributed by atoms with van der Waals surface area (Å²) in [6.07, 6.45) is 3.22. The molecule has 0 aliphatic heterocycles. The van der Waals surface area contributed by atoms with Crippen LogP contribution in [0.4, 0.5) is 0 Å². The molecular weight excluding hydrogens is 228 g/mol. The van der Waals surface area contributed by atoms with Crippen molar-refractivity contribution in [3.8, 4) is 6.07 Å². The van der Waals surface area contributed by atoms with Crippen LogP contribution in [-0.2, 0) is 0 Å². The minimum Gasteiger partial charge on any atom is -0.312 e. The number of rotatable bonds is 7. The van der Waals surface area contributed by atoms with Crippen LogP contribution in [0.2, 0.25) is 0 Å². The molecule has 0 heterocycles. The van der Waals surface area contributed by atoms with Gasteiger partial charge in [0.05, 0.1) is 12.0 Å². The van der Waals surface area contributed by atoms with Crippen molar-refractivity contribution in [2.75, 3.05) is 18.6 Å². The Hall–Kier alpha value is -0.980. The third kappa shape index (κ3) is 4.80. The Balaban J connectivity index is 2.51. The second-order valence-corrected chi connectivity index (χ2v) is 4.97. The predicted octanol–water partition coefficient (Wildman–Crippen LogP) is 3.02. The highest BCUT2D eigenvalue weighted by atomic mass is 32.2. The summed E-state index contributed by atoms with van der Waals surface area (Å²) in [6, 6.07) is 12.9. The Morgan fingerprint density at radius 3 is 2.59 bits per heavy atom. The lowest BCUT2D eigenvalue weighted by Gasteiger charge is -2.18. The molecular formula is C14H20N2S. The van der Waals surface area contributed by atoms with Crippen molar-refractivity contribution >= 4 is 11.8 Å². The Morgan fingerprint density at radius 2 is 2.06 bits per heavy atom. The smallest absolute Gasteiger partial charge is 0.0837 e. The molecule has 1 aromatic rings. The third-order valence-electron chi connectivity index (χ3n) is 2.83. The largest absolute Gasteiger partial charge is 0.312 e. The molecule has 1 aromatic carbocycles. The van der Waals surface area contributed by atoms with Gasteiger partial charge in [0.1, 0.15) is 0 Å². The molecule has 92 valence electrons. The highest BCUT2D eigenvalue weighted by molar-refractivity contribution is 7.98. The van der Waals surface area contributed by atoms with Crippen molar-refractivity contribution in [1.29, 1.82) is 5.26 Å². The second-order valence-electron chi connectivity index (χ2n) is 4.06. The first kappa shape index (κ1) is 14.1. The van der Waals surface area contributed by atoms with Crippen molar-refractivity contribution in [2.45, 2.75) is 25.3 Å². The van der Waals surface area contributed by atoms with Crippen LogP contribution >= 0.6 is 11.8 Å². The fraction of sp³-hybridized carbons (Fsp3) is 0.500. The number of thioether (sulfide) groups is 1. The molecule has 0 saturated heterocycles. The van der Waals surface area contributed by atoms with Crippen LogP contribution in [0.3, 0.4) is 0 Å². The Labute approximate surface area is 108 Å². The zero-order valence-electron chi connectivity index (χ0n) is 10.5. The lowest BCUT2D eigenvalue weighted by molar-refractivity contribution is 0.530. The topological polar surface area (TPSA) is 35.8 Å². The minimum atomic E-state index is -0.0490. The number of hydrogen-bond acceptors (Lipinski definition) is 3. The zero-order valence-corrected chi connectivity index (χ0v) is 11.3. The highest BCUT2D eigenvalue weighted by Crippen LogP contribution is 2.14. The lowest BCUT2D eigenvalue weighted by Crippen LogP contribution is -2.33. The molecule has 0 radical (unpaired) electrons. The number of nitriles is 1. The van der Waals surface area contributed by atoms with Gasteiger partial charge in [-0.05, 0) is 18.2 Å². The van der Waals surface area contributed by atoms with Gasteiger partial charge in [-0.25, -0.2) is 0 Å². The quantitative estimate of drug-likeness (QED) is 0.805. The van der Waals surface area contributed by atoms with Gasteiger partial charge < -0.3 is 5.32 Å². The van der Waals surface area contributed by atoms with Gasteiger partial charge in [0, 0.05) is 18.3 Å². The van der Waals surface area contributed by atoms with E-state index in [-0.39, 0.29) is 5.92 Å². The van der Waals surface area contributed by atoms with Crippen LogP contribution < -0.4 is 5.32 Å². The molecule has 1 N–H and O–H groups in total. The summed E-state index contributed by atoms with van der Waals surface area (Å²) in [7, 11) is 0. The normalized spacial score (nSPS) is 13.9. The van der Waals surface area contributed by atoms with Gasteiger partial charge in [-0.3, -0.25) is 0 Å². The van der Waals surface area contributed by atoms with Crippen LogP contribution in [-0.4, -0.2) is 24.6 Å². The van der Waals surface area contributed by atoms with Crippen LogP contribution in [0.25, 0.3) is 0 Å². The molecule has 0 fully saturated rings. The first-order chi connectivity index (χ1) is 8.31. The van der Waals surface area contributed by atoms with Crippen molar-refractivity contribution < 1.29 is 0 Å². The molecule has 3 heteroatoms. The van der Waals surface area contributed by atoms with E-state index < -0.39 is 0 Å². The molecule has 2 unspecified atom stereocenters. The van der Waals surface area contributed by atoms with E-state index in [1.54, 1.807) is 0 Å². The standard InChI is InChI=1S/C14H20N2S/c1-3-14(11-17-2)16-10-13(9-15)12-7-5-4-6-8-12/h4-8,13-14,16H,3,10-11H2,1-2H3. The van der Waals surface area contributed by atoms with Gasteiger partial charge >= 0.3 is 0 Å². The molecule has 1 rings (SSSR count). The van der Waals surface area contributed by atoms with Gasteiger partial charge in [0.25, 0.3) is 0 Å². The predicted molar refractivity (Wildman–Crippen MR) is 75.3 cm³/mol. The molecule has 0 aromatic heterocycles. The van der Waals surface area contributed by atoms with Crippen LogP contribution in [0.1, 0.15) is 24.8 Å². The first-order valence-corrected chi connectivity index (χ1v) is 7.38. The molecule has 2 nitrogen and oxygen atoms in total. The minimum absolute atomic E-state index is 0.0490. The van der Waals surface area contributed by atoms with Crippen LogP contribution in [0.5, 0.6) is 0 Å². The number of nitrogens with one attached hydrogen (secondary N) is 1. The zero-order chi connectivity index (χ0) is 12.5. The number of nitrogens with zero attached hydrogens (tertiary/aromatic N) is 1. The highest BCUT2D eigenvalue weighted by Gasteiger charge is 2.12. The number of benzene rings is 1. The van der Waals surface area contributed by atoms with Crippen LogP contribution in [0.15, 0.2) is 30.3 Å². The summed E-state index contributed by atoms with van der Waals surface area (Å²) in [5.41, 5.74) is 1.10. The fourth-order valence-corrected chi connectivity index (χ4v) is 2.49. The van der Waals surface area contributed by atoms with Crippen molar-refractivity contribution in [3.63, 3.8) is 0 Å². The van der Waals surface area contributed by atoms with E-state index in [4.69, 9.17) is 0 Å². The van der Waals surface area contributed by atoms with E-state index in [1.165, 1.54) is 0 Å². The molecule has 17 heavy (non-hydrogen) atoms. The van der Waals surface area contributed by atoms with E-state index >= 15 is 0 Å². The Kier molecular flexibility index (Phi) is 6.76. The third-order valence-corrected chi connectivity index (χ3v) is 3.56. The lowest BCUT2D eigenvalue weighted by atomic mass is 10.0. The molecule has 0 spiro atoms. The molecule has 0 aliphatic rings. The summed E-state index contributed by atoms with van der Waals surface area (Å²) in [4.78, 5) is 0. The monoisotopic (exact) mass is 248 g/mol. The van der Waals surface area contributed by atoms with Gasteiger partial charge in [0.2, 0.25) is 0 Å². The van der Waals surface area contributed by atoms with Gasteiger partial charge in [0.15, 0.2) is 0 Å². The van der Waals surface area contributed by atoms with Crippen molar-refractivity contribution in [3.05, 3.63) is 35.9 Å². The second kappa shape index (κ2) is 8.16. The Bertz CT molecular complexity index is 345. The number of hydrogen-bond donors (Lipinski definition) is 1. The SMILES string of the molecule is CCC(CSC)NCC(C#N)c1ccccc1. The van der Waals surface area contributed by atoms with E-state index in [9.17, 15) is 5.26 Å². The summed E-state index contributed by atoms with van der Waals surface area (Å²) in [5, 5.41) is 12.7. The maximum Gasteiger partial charge on any atom is 0.0837 e. The summed E-state index contributed by atoms with van der Waals surface area (Å²) in [6.45, 7) is 2.91. The van der Waals surface area contributed by atoms with Gasteiger partial charge in [-0.15, -0.1) is 0 Å². The fourth-order valence-electron chi connectivity index (χ4n) is 1.73. The molecule has 0 aliphatic carbocycles. The van der Waals surface area contributed by atoms with E-state index in [2.05, 4.69) is 24.6 Å². The van der Waals surface area contributed by atoms with Crippen molar-refractivity contribution in [2.24, 2.45) is 0 Å². The summed E-state index contributed by atoms with van der Waals surface area (Å²) < 4.78 is 0. The van der Waals surface area contributed by atoms with E-state index in [0.717, 1.165) is 24.3 Å². The van der Waals surface area contributed by atoms with E-state index in [0.29, 0.717) is 6.04 Å². The average molecular weight is 248 g/mol. The average Bonchev–Trinajstić information content (AvgIpc) is 2.39. The summed E-state index contributed by atoms with van der Waals surface area (Å²) >= 11 is 1.84. The maximum atomic E-state index is 9.20. The Morgan fingerprint density at radius 1 is 1.35 bits per heavy atom. The van der Waals surface area contributed by atoms with E-state index in [1.807, 2.05) is 42.1 Å². The maximum absolute atomic E-state index is 9.20. The van der Waals surface area contributed by atoms with Crippen LogP contribution in [0, 0.1) is 11.3 Å². The molecule has 0 saturated carbocycles. The molecule has 2 atom stereocenters. The molecule has 0 amide bonds. The van der Waals surface area contributed by atoms with Gasteiger partial charge in [-0.1, -0.05) is 37.3 Å².